The smallest absolute Gasteiger partial charge is 0.338 e. The molecule has 22 heavy (non-hydrogen) atoms. The minimum absolute atomic E-state index is 0.0242. The van der Waals surface area contributed by atoms with Gasteiger partial charge in [-0.2, -0.15) is 0 Å². The van der Waals surface area contributed by atoms with Crippen molar-refractivity contribution in [1.82, 2.24) is 9.97 Å². The summed E-state index contributed by atoms with van der Waals surface area (Å²) in [6.45, 7) is 1.87. The Balaban J connectivity index is 1.79. The molecule has 5 heteroatoms. The van der Waals surface area contributed by atoms with E-state index in [-0.39, 0.29) is 12.4 Å². The van der Waals surface area contributed by atoms with E-state index in [1.54, 1.807) is 12.1 Å². The highest BCUT2D eigenvalue weighted by molar-refractivity contribution is 5.89. The van der Waals surface area contributed by atoms with Gasteiger partial charge in [-0.15, -0.1) is 0 Å². The Morgan fingerprint density at radius 2 is 1.82 bits per heavy atom. The number of ether oxygens (including phenoxy) is 1. The summed E-state index contributed by atoms with van der Waals surface area (Å²) in [5.41, 5.74) is 3.21. The van der Waals surface area contributed by atoms with Gasteiger partial charge in [0.1, 0.15) is 12.4 Å². The quantitative estimate of drug-likeness (QED) is 0.752. The first-order chi connectivity index (χ1) is 10.6. The number of carbonyl (C=O) groups excluding carboxylic acids is 1. The number of rotatable bonds is 3. The molecule has 0 radical (unpaired) electrons. The first-order valence-corrected chi connectivity index (χ1v) is 6.82. The third-order valence-electron chi connectivity index (χ3n) is 3.26. The van der Waals surface area contributed by atoms with Crippen molar-refractivity contribution in [3.05, 3.63) is 65.5 Å². The molecule has 0 amide bonds. The highest BCUT2D eigenvalue weighted by Gasteiger charge is 2.11. The number of hydrogen-bond donors (Lipinski definition) is 1. The molecular weight excluding hydrogens is 280 g/mol. The number of aromatic nitrogens is 2. The average Bonchev–Trinajstić information content (AvgIpc) is 2.52. The molecule has 2 aromatic carbocycles. The monoisotopic (exact) mass is 294 g/mol. The number of carbonyl (C=O) groups is 1. The lowest BCUT2D eigenvalue weighted by atomic mass is 10.2. The van der Waals surface area contributed by atoms with Crippen molar-refractivity contribution in [3.63, 3.8) is 0 Å². The number of phenolic OH excluding ortho intramolecular Hbond substituents is 1. The van der Waals surface area contributed by atoms with E-state index in [4.69, 9.17) is 4.74 Å². The number of aromatic hydroxyl groups is 1. The maximum atomic E-state index is 12.0. The molecule has 0 aliphatic rings. The average molecular weight is 294 g/mol. The van der Waals surface area contributed by atoms with Gasteiger partial charge in [-0.25, -0.2) is 14.8 Å². The zero-order valence-electron chi connectivity index (χ0n) is 12.0. The molecule has 1 aromatic heterocycles. The van der Waals surface area contributed by atoms with Gasteiger partial charge in [0.05, 0.1) is 28.0 Å². The van der Waals surface area contributed by atoms with Gasteiger partial charge in [-0.3, -0.25) is 0 Å². The number of aryl methyl sites for hydroxylation is 1. The molecule has 5 nitrogen and oxygen atoms in total. The van der Waals surface area contributed by atoms with Gasteiger partial charge in [0, 0.05) is 0 Å². The van der Waals surface area contributed by atoms with E-state index in [2.05, 4.69) is 9.97 Å². The van der Waals surface area contributed by atoms with Crippen molar-refractivity contribution in [2.24, 2.45) is 0 Å². The molecule has 0 atom stereocenters. The molecule has 3 aromatic rings. The van der Waals surface area contributed by atoms with Crippen molar-refractivity contribution in [2.45, 2.75) is 13.5 Å². The van der Waals surface area contributed by atoms with E-state index in [1.807, 2.05) is 31.2 Å². The molecule has 1 N–H and O–H groups in total. The van der Waals surface area contributed by atoms with E-state index in [0.717, 1.165) is 16.7 Å². The van der Waals surface area contributed by atoms with Crippen molar-refractivity contribution in [1.29, 1.82) is 0 Å². The number of fused-ring (bicyclic) bond motifs is 1. The van der Waals surface area contributed by atoms with Crippen LogP contribution in [0.3, 0.4) is 0 Å². The van der Waals surface area contributed by atoms with Crippen LogP contribution in [0.4, 0.5) is 0 Å². The minimum Gasteiger partial charge on any atom is -0.508 e. The Hall–Kier alpha value is -2.95. The van der Waals surface area contributed by atoms with E-state index in [9.17, 15) is 9.90 Å². The molecule has 0 aliphatic heterocycles. The van der Waals surface area contributed by atoms with Crippen molar-refractivity contribution < 1.29 is 14.6 Å². The van der Waals surface area contributed by atoms with Crippen LogP contribution in [0.15, 0.2) is 48.5 Å². The summed E-state index contributed by atoms with van der Waals surface area (Å²) in [7, 11) is 0. The van der Waals surface area contributed by atoms with Crippen LogP contribution in [0.5, 0.6) is 5.75 Å². The summed E-state index contributed by atoms with van der Waals surface area (Å²) in [6.07, 6.45) is 0. The lowest BCUT2D eigenvalue weighted by Crippen LogP contribution is -2.08. The van der Waals surface area contributed by atoms with Crippen molar-refractivity contribution >= 4 is 17.0 Å². The van der Waals surface area contributed by atoms with Crippen LogP contribution in [0.2, 0.25) is 0 Å². The van der Waals surface area contributed by atoms with Crippen molar-refractivity contribution in [3.8, 4) is 5.75 Å². The maximum Gasteiger partial charge on any atom is 0.338 e. The fourth-order valence-electron chi connectivity index (χ4n) is 2.11. The van der Waals surface area contributed by atoms with Gasteiger partial charge in [0.2, 0.25) is 0 Å². The van der Waals surface area contributed by atoms with Crippen LogP contribution in [0, 0.1) is 6.92 Å². The van der Waals surface area contributed by atoms with Gasteiger partial charge in [0.25, 0.3) is 0 Å². The lowest BCUT2D eigenvalue weighted by molar-refractivity contribution is 0.0466. The third kappa shape index (κ3) is 2.88. The minimum atomic E-state index is -0.509. The lowest BCUT2D eigenvalue weighted by Gasteiger charge is -2.08. The number of esters is 1. The molecule has 0 aliphatic carbocycles. The summed E-state index contributed by atoms with van der Waals surface area (Å²) in [5, 5.41) is 9.38. The molecule has 0 saturated heterocycles. The zero-order valence-corrected chi connectivity index (χ0v) is 12.0. The highest BCUT2D eigenvalue weighted by Crippen LogP contribution is 2.15. The molecule has 0 fully saturated rings. The number of phenols is 1. The molecular formula is C17H14N2O3. The summed E-state index contributed by atoms with van der Waals surface area (Å²) in [5.74, 6) is -0.485. The second kappa shape index (κ2) is 5.81. The number of para-hydroxylation sites is 2. The van der Waals surface area contributed by atoms with E-state index >= 15 is 0 Å². The topological polar surface area (TPSA) is 72.3 Å². The van der Waals surface area contributed by atoms with E-state index in [1.165, 1.54) is 12.1 Å². The van der Waals surface area contributed by atoms with Gasteiger partial charge in [-0.1, -0.05) is 18.2 Å². The van der Waals surface area contributed by atoms with Crippen LogP contribution in [-0.4, -0.2) is 21.0 Å². The molecule has 0 unspecified atom stereocenters. The second-order valence-electron chi connectivity index (χ2n) is 4.87. The predicted molar refractivity (Wildman–Crippen MR) is 81.5 cm³/mol. The zero-order chi connectivity index (χ0) is 15.5. The van der Waals surface area contributed by atoms with Gasteiger partial charge < -0.3 is 9.84 Å². The molecule has 0 bridgehead atoms. The number of nitrogens with zero attached hydrogens (tertiary/aromatic N) is 2. The molecule has 3 rings (SSSR count). The predicted octanol–water partition coefficient (Wildman–Crippen LogP) is 3.00. The Morgan fingerprint density at radius 1 is 1.09 bits per heavy atom. The Labute approximate surface area is 127 Å². The first-order valence-electron chi connectivity index (χ1n) is 6.82. The van der Waals surface area contributed by atoms with Gasteiger partial charge in [0.15, 0.2) is 0 Å². The van der Waals surface area contributed by atoms with E-state index in [0.29, 0.717) is 11.3 Å². The number of benzene rings is 2. The Bertz CT molecular complexity index is 846. The van der Waals surface area contributed by atoms with Crippen LogP contribution >= 0.6 is 0 Å². The van der Waals surface area contributed by atoms with Crippen LogP contribution in [-0.2, 0) is 11.3 Å². The first kappa shape index (κ1) is 14.0. The fraction of sp³-hybridized carbons (Fsp3) is 0.118. The van der Waals surface area contributed by atoms with E-state index < -0.39 is 5.97 Å². The molecule has 0 saturated carbocycles. The van der Waals surface area contributed by atoms with Crippen molar-refractivity contribution in [2.75, 3.05) is 0 Å². The molecule has 0 spiro atoms. The summed E-state index contributed by atoms with van der Waals surface area (Å²) in [6, 6.07) is 13.6. The largest absolute Gasteiger partial charge is 0.508 e. The standard InChI is InChI=1S/C17H14N2O3/c1-11-16(19-15-8-3-2-7-14(15)18-11)10-22-17(21)12-5-4-6-13(20)9-12/h2-9,20H,10H2,1H3. The Morgan fingerprint density at radius 3 is 2.55 bits per heavy atom. The highest BCUT2D eigenvalue weighted by atomic mass is 16.5. The third-order valence-corrected chi connectivity index (χ3v) is 3.26. The van der Waals surface area contributed by atoms with Crippen LogP contribution in [0.1, 0.15) is 21.7 Å². The van der Waals surface area contributed by atoms with Gasteiger partial charge >= 0.3 is 5.97 Å². The summed E-state index contributed by atoms with van der Waals surface area (Å²) in [4.78, 5) is 20.9. The second-order valence-corrected chi connectivity index (χ2v) is 4.87. The summed E-state index contributed by atoms with van der Waals surface area (Å²) >= 11 is 0. The number of hydrogen-bond acceptors (Lipinski definition) is 5. The maximum absolute atomic E-state index is 12.0. The molecule has 1 heterocycles. The Kier molecular flexibility index (Phi) is 3.70. The normalized spacial score (nSPS) is 10.6. The van der Waals surface area contributed by atoms with Gasteiger partial charge in [-0.05, 0) is 37.3 Å². The SMILES string of the molecule is Cc1nc2ccccc2nc1COC(=O)c1cccc(O)c1. The van der Waals surface area contributed by atoms with Crippen LogP contribution < -0.4 is 0 Å². The molecule has 110 valence electrons. The fourth-order valence-corrected chi connectivity index (χ4v) is 2.11. The van der Waals surface area contributed by atoms with Crippen LogP contribution in [0.25, 0.3) is 11.0 Å². The summed E-state index contributed by atoms with van der Waals surface area (Å²) < 4.78 is 5.25.